The summed E-state index contributed by atoms with van der Waals surface area (Å²) < 4.78 is 11.2. The van der Waals surface area contributed by atoms with E-state index in [1.54, 1.807) is 0 Å². The van der Waals surface area contributed by atoms with Gasteiger partial charge in [0.25, 0.3) is 0 Å². The van der Waals surface area contributed by atoms with E-state index in [4.69, 9.17) is 9.47 Å². The number of hydrogen-bond donors (Lipinski definition) is 2. The van der Waals surface area contributed by atoms with Gasteiger partial charge in [0, 0.05) is 58.0 Å². The number of halogens is 1. The number of hydrogen-bond acceptors (Lipinski definition) is 4. The van der Waals surface area contributed by atoms with Gasteiger partial charge in [-0.05, 0) is 39.0 Å². The lowest BCUT2D eigenvalue weighted by Crippen LogP contribution is -2.50. The summed E-state index contributed by atoms with van der Waals surface area (Å²) in [4.78, 5) is 18.8. The SMILES string of the molecule is CCNC(=NCCCOC1CCOCC1)NC1CCN(C(=O)C(C)C)CC1.I. The fourth-order valence-corrected chi connectivity index (χ4v) is 3.47. The van der Waals surface area contributed by atoms with Gasteiger partial charge >= 0.3 is 0 Å². The zero-order valence-electron chi connectivity index (χ0n) is 17.7. The topological polar surface area (TPSA) is 75.2 Å². The molecule has 28 heavy (non-hydrogen) atoms. The Labute approximate surface area is 187 Å². The number of ether oxygens (including phenoxy) is 2. The molecule has 0 aromatic heterocycles. The van der Waals surface area contributed by atoms with Crippen LogP contribution < -0.4 is 10.6 Å². The van der Waals surface area contributed by atoms with E-state index < -0.39 is 0 Å². The summed E-state index contributed by atoms with van der Waals surface area (Å²) in [5.74, 6) is 1.22. The number of carbonyl (C=O) groups is 1. The second kappa shape index (κ2) is 14.4. The number of guanidine groups is 1. The van der Waals surface area contributed by atoms with Gasteiger partial charge in [-0.1, -0.05) is 13.8 Å². The van der Waals surface area contributed by atoms with Crippen LogP contribution in [-0.4, -0.2) is 74.9 Å². The number of aliphatic imine (C=N–C) groups is 1. The van der Waals surface area contributed by atoms with Gasteiger partial charge in [-0.15, -0.1) is 24.0 Å². The van der Waals surface area contributed by atoms with Gasteiger partial charge in [0.1, 0.15) is 0 Å². The highest BCUT2D eigenvalue weighted by molar-refractivity contribution is 14.0. The number of carbonyl (C=O) groups excluding carboxylic acids is 1. The van der Waals surface area contributed by atoms with Gasteiger partial charge in [-0.3, -0.25) is 9.79 Å². The Morgan fingerprint density at radius 3 is 2.50 bits per heavy atom. The number of nitrogens with zero attached hydrogens (tertiary/aromatic N) is 2. The first-order chi connectivity index (χ1) is 13.1. The Morgan fingerprint density at radius 1 is 1.21 bits per heavy atom. The predicted molar refractivity (Wildman–Crippen MR) is 123 cm³/mol. The predicted octanol–water partition coefficient (Wildman–Crippen LogP) is 2.39. The van der Waals surface area contributed by atoms with Crippen molar-refractivity contribution in [3.8, 4) is 0 Å². The van der Waals surface area contributed by atoms with Crippen molar-refractivity contribution in [3.63, 3.8) is 0 Å². The summed E-state index contributed by atoms with van der Waals surface area (Å²) in [5, 5.41) is 6.85. The molecule has 0 spiro atoms. The third kappa shape index (κ3) is 9.26. The van der Waals surface area contributed by atoms with Crippen LogP contribution in [0.3, 0.4) is 0 Å². The molecule has 0 unspecified atom stereocenters. The molecule has 2 aliphatic heterocycles. The molecule has 0 atom stereocenters. The summed E-state index contributed by atoms with van der Waals surface area (Å²) in [6, 6.07) is 0.373. The van der Waals surface area contributed by atoms with Crippen LogP contribution in [0.2, 0.25) is 0 Å². The molecule has 0 aromatic carbocycles. The first-order valence-corrected chi connectivity index (χ1v) is 10.6. The van der Waals surface area contributed by atoms with Crippen molar-refractivity contribution in [2.75, 3.05) is 46.0 Å². The van der Waals surface area contributed by atoms with Crippen LogP contribution in [0.5, 0.6) is 0 Å². The molecule has 1 amide bonds. The minimum absolute atomic E-state index is 0. The van der Waals surface area contributed by atoms with Gasteiger partial charge in [0.05, 0.1) is 6.10 Å². The van der Waals surface area contributed by atoms with E-state index in [-0.39, 0.29) is 35.8 Å². The molecular weight excluding hydrogens is 471 g/mol. The number of likely N-dealkylation sites (tertiary alicyclic amines) is 1. The lowest BCUT2D eigenvalue weighted by Gasteiger charge is -2.34. The first-order valence-electron chi connectivity index (χ1n) is 10.6. The van der Waals surface area contributed by atoms with Crippen molar-refractivity contribution >= 4 is 35.8 Å². The molecule has 0 radical (unpaired) electrons. The fourth-order valence-electron chi connectivity index (χ4n) is 3.47. The van der Waals surface area contributed by atoms with Crippen molar-refractivity contribution in [2.45, 2.75) is 65.0 Å². The van der Waals surface area contributed by atoms with Crippen LogP contribution in [0, 0.1) is 5.92 Å². The van der Waals surface area contributed by atoms with Crippen LogP contribution in [0.4, 0.5) is 0 Å². The fraction of sp³-hybridized carbons (Fsp3) is 0.900. The summed E-state index contributed by atoms with van der Waals surface area (Å²) >= 11 is 0. The molecule has 7 nitrogen and oxygen atoms in total. The molecule has 0 aromatic rings. The van der Waals surface area contributed by atoms with Crippen molar-refractivity contribution in [2.24, 2.45) is 10.9 Å². The Hall–Kier alpha value is -0.610. The maximum Gasteiger partial charge on any atom is 0.225 e. The molecule has 8 heteroatoms. The highest BCUT2D eigenvalue weighted by Crippen LogP contribution is 2.13. The number of amides is 1. The Bertz CT molecular complexity index is 462. The van der Waals surface area contributed by atoms with E-state index in [0.717, 1.165) is 84.1 Å². The summed E-state index contributed by atoms with van der Waals surface area (Å²) in [7, 11) is 0. The van der Waals surface area contributed by atoms with E-state index >= 15 is 0 Å². The molecule has 0 bridgehead atoms. The lowest BCUT2D eigenvalue weighted by atomic mass is 10.0. The zero-order valence-corrected chi connectivity index (χ0v) is 20.1. The molecule has 2 aliphatic rings. The monoisotopic (exact) mass is 510 g/mol. The zero-order chi connectivity index (χ0) is 19.5. The van der Waals surface area contributed by atoms with Gasteiger partial charge in [0.15, 0.2) is 5.96 Å². The van der Waals surface area contributed by atoms with Crippen molar-refractivity contribution in [1.29, 1.82) is 0 Å². The van der Waals surface area contributed by atoms with E-state index in [9.17, 15) is 4.79 Å². The van der Waals surface area contributed by atoms with Crippen LogP contribution >= 0.6 is 24.0 Å². The van der Waals surface area contributed by atoms with E-state index in [1.165, 1.54) is 0 Å². The number of nitrogens with one attached hydrogen (secondary N) is 2. The van der Waals surface area contributed by atoms with Crippen LogP contribution in [0.15, 0.2) is 4.99 Å². The Morgan fingerprint density at radius 2 is 1.89 bits per heavy atom. The molecule has 0 saturated carbocycles. The second-order valence-electron chi connectivity index (χ2n) is 7.70. The van der Waals surface area contributed by atoms with Crippen LogP contribution in [0.1, 0.15) is 52.9 Å². The molecular formula is C20H39IN4O3. The number of piperidine rings is 1. The van der Waals surface area contributed by atoms with E-state index in [2.05, 4.69) is 22.5 Å². The summed E-state index contributed by atoms with van der Waals surface area (Å²) in [6.45, 7) is 11.7. The maximum absolute atomic E-state index is 12.1. The average molecular weight is 510 g/mol. The van der Waals surface area contributed by atoms with E-state index in [0.29, 0.717) is 12.1 Å². The number of rotatable bonds is 8. The van der Waals surface area contributed by atoms with Gasteiger partial charge in [0.2, 0.25) is 5.91 Å². The minimum Gasteiger partial charge on any atom is -0.381 e. The second-order valence-corrected chi connectivity index (χ2v) is 7.70. The third-order valence-corrected chi connectivity index (χ3v) is 5.08. The first kappa shape index (κ1) is 25.4. The van der Waals surface area contributed by atoms with Gasteiger partial charge < -0.3 is 25.0 Å². The normalized spacial score (nSPS) is 19.4. The third-order valence-electron chi connectivity index (χ3n) is 5.08. The quantitative estimate of drug-likeness (QED) is 0.227. The molecule has 164 valence electrons. The average Bonchev–Trinajstić information content (AvgIpc) is 2.68. The maximum atomic E-state index is 12.1. The molecule has 2 N–H and O–H groups in total. The highest BCUT2D eigenvalue weighted by atomic mass is 127. The largest absolute Gasteiger partial charge is 0.381 e. The minimum atomic E-state index is 0. The molecule has 2 saturated heterocycles. The van der Waals surface area contributed by atoms with Crippen LogP contribution in [-0.2, 0) is 14.3 Å². The Kier molecular flexibility index (Phi) is 13.1. The molecule has 2 fully saturated rings. The van der Waals surface area contributed by atoms with Crippen molar-refractivity contribution in [3.05, 3.63) is 0 Å². The van der Waals surface area contributed by atoms with Gasteiger partial charge in [-0.2, -0.15) is 0 Å². The van der Waals surface area contributed by atoms with Crippen LogP contribution in [0.25, 0.3) is 0 Å². The smallest absolute Gasteiger partial charge is 0.225 e. The van der Waals surface area contributed by atoms with E-state index in [1.807, 2.05) is 18.7 Å². The van der Waals surface area contributed by atoms with Gasteiger partial charge in [-0.25, -0.2) is 0 Å². The summed E-state index contributed by atoms with van der Waals surface area (Å²) in [5.41, 5.74) is 0. The standard InChI is InChI=1S/C20H38N4O3.HI/c1-4-21-20(22-10-5-13-27-18-8-14-26-15-9-18)23-17-6-11-24(12-7-17)19(25)16(2)3;/h16-18H,4-15H2,1-3H3,(H2,21,22,23);1H. The molecule has 2 heterocycles. The molecule has 0 aliphatic carbocycles. The van der Waals surface area contributed by atoms with Crippen molar-refractivity contribution < 1.29 is 14.3 Å². The lowest BCUT2D eigenvalue weighted by molar-refractivity contribution is -0.135. The van der Waals surface area contributed by atoms with Crippen molar-refractivity contribution in [1.82, 2.24) is 15.5 Å². The Balaban J connectivity index is 0.00000392. The summed E-state index contributed by atoms with van der Waals surface area (Å²) in [6.07, 6.45) is 5.23. The molecule has 2 rings (SSSR count). The highest BCUT2D eigenvalue weighted by Gasteiger charge is 2.24.